The van der Waals surface area contributed by atoms with E-state index < -0.39 is 0 Å². The van der Waals surface area contributed by atoms with Gasteiger partial charge >= 0.3 is 0 Å². The van der Waals surface area contributed by atoms with Crippen LogP contribution in [0, 0.1) is 0 Å². The second-order valence-electron chi connectivity index (χ2n) is 4.58. The van der Waals surface area contributed by atoms with Gasteiger partial charge in [0.2, 0.25) is 0 Å². The summed E-state index contributed by atoms with van der Waals surface area (Å²) in [6.45, 7) is 0. The molecule has 1 amide bonds. The van der Waals surface area contributed by atoms with Crippen LogP contribution in [0.25, 0.3) is 0 Å². The summed E-state index contributed by atoms with van der Waals surface area (Å²) in [5, 5.41) is 3.16. The Hall–Kier alpha value is -2.32. The lowest BCUT2D eigenvalue weighted by molar-refractivity contribution is 0.0943. The van der Waals surface area contributed by atoms with Gasteiger partial charge in [0.1, 0.15) is 11.5 Å². The van der Waals surface area contributed by atoms with E-state index in [0.29, 0.717) is 27.2 Å². The van der Waals surface area contributed by atoms with E-state index in [1.54, 1.807) is 50.6 Å². The Morgan fingerprint density at radius 3 is 2.50 bits per heavy atom. The van der Waals surface area contributed by atoms with E-state index in [0.717, 1.165) is 0 Å². The van der Waals surface area contributed by atoms with Gasteiger partial charge in [-0.2, -0.15) is 0 Å². The van der Waals surface area contributed by atoms with Crippen molar-refractivity contribution in [3.63, 3.8) is 0 Å². The van der Waals surface area contributed by atoms with E-state index in [9.17, 15) is 4.79 Å². The number of halogens is 1. The summed E-state index contributed by atoms with van der Waals surface area (Å²) in [5.41, 5.74) is 6.29. The molecule has 0 radical (unpaired) electrons. The first kappa shape index (κ1) is 18.0. The molecule has 24 heavy (non-hydrogen) atoms. The van der Waals surface area contributed by atoms with Crippen molar-refractivity contribution in [1.82, 2.24) is 10.9 Å². The Morgan fingerprint density at radius 2 is 1.83 bits per heavy atom. The number of hydrogen-bond donors (Lipinski definition) is 3. The summed E-state index contributed by atoms with van der Waals surface area (Å²) in [5.74, 6) is 0.930. The van der Waals surface area contributed by atoms with Gasteiger partial charge in [-0.25, -0.2) is 0 Å². The average Bonchev–Trinajstić information content (AvgIpc) is 2.60. The van der Waals surface area contributed by atoms with E-state index >= 15 is 0 Å². The number of thiocarbonyl (C=S) groups is 1. The third kappa shape index (κ3) is 4.59. The highest BCUT2D eigenvalue weighted by molar-refractivity contribution is 9.10. The number of hydrogen-bond acceptors (Lipinski definition) is 4. The average molecular weight is 410 g/mol. The Balaban J connectivity index is 1.99. The summed E-state index contributed by atoms with van der Waals surface area (Å²) in [6, 6.07) is 12.4. The topological polar surface area (TPSA) is 71.6 Å². The van der Waals surface area contributed by atoms with Crippen molar-refractivity contribution in [1.29, 1.82) is 0 Å². The number of ether oxygens (including phenoxy) is 2. The minimum atomic E-state index is -0.316. The van der Waals surface area contributed by atoms with Crippen LogP contribution in [0.4, 0.5) is 5.69 Å². The van der Waals surface area contributed by atoms with E-state index in [4.69, 9.17) is 21.7 Å². The first-order chi connectivity index (χ1) is 11.5. The lowest BCUT2D eigenvalue weighted by Crippen LogP contribution is -2.43. The summed E-state index contributed by atoms with van der Waals surface area (Å²) in [7, 11) is 3.12. The molecule has 126 valence electrons. The fourth-order valence-corrected chi connectivity index (χ4v) is 2.52. The van der Waals surface area contributed by atoms with Crippen LogP contribution < -0.4 is 25.6 Å². The third-order valence-electron chi connectivity index (χ3n) is 3.06. The molecule has 0 heterocycles. The number of amides is 1. The number of carbonyl (C=O) groups excluding carboxylic acids is 1. The van der Waals surface area contributed by atoms with E-state index in [2.05, 4.69) is 32.1 Å². The summed E-state index contributed by atoms with van der Waals surface area (Å²) >= 11 is 8.50. The van der Waals surface area contributed by atoms with Crippen LogP contribution in [-0.2, 0) is 0 Å². The molecule has 2 rings (SSSR count). The molecule has 0 spiro atoms. The fourth-order valence-electron chi connectivity index (χ4n) is 1.89. The number of carbonyl (C=O) groups is 1. The van der Waals surface area contributed by atoms with Gasteiger partial charge in [0, 0.05) is 10.5 Å². The summed E-state index contributed by atoms with van der Waals surface area (Å²) < 4.78 is 11.1. The standard InChI is InChI=1S/C16H16BrN3O3S/c1-22-10-7-8-14(23-2)13(9-10)18-16(24)20-19-15(21)11-5-3-4-6-12(11)17/h3-9H,1-2H3,(H,19,21)(H2,18,20,24). The van der Waals surface area contributed by atoms with Gasteiger partial charge in [-0.1, -0.05) is 12.1 Å². The Labute approximate surface area is 153 Å². The zero-order valence-corrected chi connectivity index (χ0v) is 15.5. The molecule has 0 saturated carbocycles. The maximum absolute atomic E-state index is 12.1. The maximum Gasteiger partial charge on any atom is 0.270 e. The minimum absolute atomic E-state index is 0.210. The van der Waals surface area contributed by atoms with E-state index in [1.165, 1.54) is 0 Å². The highest BCUT2D eigenvalue weighted by atomic mass is 79.9. The summed E-state index contributed by atoms with van der Waals surface area (Å²) in [6.07, 6.45) is 0. The van der Waals surface area contributed by atoms with Crippen LogP contribution in [0.2, 0.25) is 0 Å². The minimum Gasteiger partial charge on any atom is -0.497 e. The van der Waals surface area contributed by atoms with Crippen LogP contribution in [0.5, 0.6) is 11.5 Å². The van der Waals surface area contributed by atoms with E-state index in [-0.39, 0.29) is 11.0 Å². The van der Waals surface area contributed by atoms with Gasteiger partial charge in [-0.3, -0.25) is 15.6 Å². The SMILES string of the molecule is COc1ccc(OC)c(NC(=S)NNC(=O)c2ccccc2Br)c1. The quantitative estimate of drug-likeness (QED) is 0.532. The van der Waals surface area contributed by atoms with Crippen LogP contribution in [-0.4, -0.2) is 25.2 Å². The lowest BCUT2D eigenvalue weighted by Gasteiger charge is -2.15. The van der Waals surface area contributed by atoms with Crippen molar-refractivity contribution in [2.45, 2.75) is 0 Å². The molecule has 0 bridgehead atoms. The molecule has 6 nitrogen and oxygen atoms in total. The van der Waals surface area contributed by atoms with Gasteiger partial charge < -0.3 is 14.8 Å². The van der Waals surface area contributed by atoms with Crippen LogP contribution in [0.3, 0.4) is 0 Å². The van der Waals surface area contributed by atoms with Crippen molar-refractivity contribution < 1.29 is 14.3 Å². The van der Waals surface area contributed by atoms with Crippen molar-refractivity contribution in [2.75, 3.05) is 19.5 Å². The zero-order chi connectivity index (χ0) is 17.5. The molecule has 0 fully saturated rings. The highest BCUT2D eigenvalue weighted by Gasteiger charge is 2.10. The number of rotatable bonds is 4. The molecule has 0 aliphatic rings. The molecule has 0 aliphatic carbocycles. The zero-order valence-electron chi connectivity index (χ0n) is 13.1. The van der Waals surface area contributed by atoms with Gasteiger partial charge in [-0.15, -0.1) is 0 Å². The molecule has 0 aliphatic heterocycles. The number of hydrazine groups is 1. The number of benzene rings is 2. The molecule has 0 atom stereocenters. The van der Waals surface area contributed by atoms with Crippen LogP contribution >= 0.6 is 28.1 Å². The molecular weight excluding hydrogens is 394 g/mol. The normalized spacial score (nSPS) is 9.79. The molecule has 3 N–H and O–H groups in total. The molecule has 8 heteroatoms. The Kier molecular flexibility index (Phi) is 6.39. The van der Waals surface area contributed by atoms with Gasteiger partial charge in [0.25, 0.3) is 5.91 Å². The largest absolute Gasteiger partial charge is 0.497 e. The molecule has 0 saturated heterocycles. The lowest BCUT2D eigenvalue weighted by atomic mass is 10.2. The van der Waals surface area contributed by atoms with E-state index in [1.807, 2.05) is 6.07 Å². The second-order valence-corrected chi connectivity index (χ2v) is 5.84. The second kappa shape index (κ2) is 8.51. The number of nitrogens with one attached hydrogen (secondary N) is 3. The smallest absolute Gasteiger partial charge is 0.270 e. The van der Waals surface area contributed by atoms with Crippen molar-refractivity contribution in [3.05, 3.63) is 52.5 Å². The third-order valence-corrected chi connectivity index (χ3v) is 3.96. The number of methoxy groups -OCH3 is 2. The van der Waals surface area contributed by atoms with Crippen LogP contribution in [0.15, 0.2) is 46.9 Å². The van der Waals surface area contributed by atoms with Crippen molar-refractivity contribution in [3.8, 4) is 11.5 Å². The Morgan fingerprint density at radius 1 is 1.08 bits per heavy atom. The maximum atomic E-state index is 12.1. The van der Waals surface area contributed by atoms with Crippen molar-refractivity contribution >= 4 is 44.9 Å². The van der Waals surface area contributed by atoms with Gasteiger partial charge in [-0.05, 0) is 52.4 Å². The van der Waals surface area contributed by atoms with Gasteiger partial charge in [0.05, 0.1) is 25.5 Å². The predicted octanol–water partition coefficient (Wildman–Crippen LogP) is 3.10. The first-order valence-corrected chi connectivity index (χ1v) is 8.09. The summed E-state index contributed by atoms with van der Waals surface area (Å²) in [4.78, 5) is 12.1. The molecular formula is C16H16BrN3O3S. The molecule has 0 aromatic heterocycles. The van der Waals surface area contributed by atoms with Gasteiger partial charge in [0.15, 0.2) is 5.11 Å². The first-order valence-electron chi connectivity index (χ1n) is 6.89. The Bertz CT molecular complexity index is 755. The number of anilines is 1. The highest BCUT2D eigenvalue weighted by Crippen LogP contribution is 2.28. The fraction of sp³-hybridized carbons (Fsp3) is 0.125. The van der Waals surface area contributed by atoms with Crippen LogP contribution in [0.1, 0.15) is 10.4 Å². The molecule has 0 unspecified atom stereocenters. The monoisotopic (exact) mass is 409 g/mol. The molecule has 2 aromatic carbocycles. The predicted molar refractivity (Wildman–Crippen MR) is 101 cm³/mol. The van der Waals surface area contributed by atoms with Crippen molar-refractivity contribution in [2.24, 2.45) is 0 Å². The molecule has 2 aromatic rings.